The molecule has 4 heterocycles. The van der Waals surface area contributed by atoms with Crippen LogP contribution in [0.4, 0.5) is 0 Å². The number of carboxylic acid groups (broad SMARTS) is 1. The van der Waals surface area contributed by atoms with Crippen LogP contribution in [0, 0.1) is 0 Å². The number of hydrogen-bond acceptors (Lipinski definition) is 7. The summed E-state index contributed by atoms with van der Waals surface area (Å²) in [5, 5.41) is 16.2. The molecule has 0 unspecified atom stereocenters. The van der Waals surface area contributed by atoms with E-state index in [0.717, 1.165) is 33.8 Å². The zero-order chi connectivity index (χ0) is 25.6. The Morgan fingerprint density at radius 3 is 2.78 bits per heavy atom. The van der Waals surface area contributed by atoms with E-state index in [1.54, 1.807) is 24.3 Å². The number of aliphatic carboxylic acids is 1. The molecule has 5 rings (SSSR count). The summed E-state index contributed by atoms with van der Waals surface area (Å²) in [6.45, 7) is 0.967. The second kappa shape index (κ2) is 10.7. The fraction of sp³-hybridized carbons (Fsp3) is 0.348. The number of nitrogens with one attached hydrogen (secondary N) is 3. The molecule has 2 aliphatic heterocycles. The van der Waals surface area contributed by atoms with Gasteiger partial charge < -0.3 is 30.5 Å². The van der Waals surface area contributed by atoms with Gasteiger partial charge in [-0.05, 0) is 31.3 Å². The number of likely N-dealkylation sites (N-methyl/N-ethyl adjacent to an activating group) is 1. The number of aromatic amines is 1. The van der Waals surface area contributed by atoms with Crippen molar-refractivity contribution >= 4 is 69.9 Å². The number of amides is 3. The lowest BCUT2D eigenvalue weighted by Crippen LogP contribution is -2.52. The van der Waals surface area contributed by atoms with Crippen LogP contribution in [0.1, 0.15) is 30.9 Å². The predicted molar refractivity (Wildman–Crippen MR) is 139 cm³/mol. The van der Waals surface area contributed by atoms with E-state index in [4.69, 9.17) is 11.6 Å². The topological polar surface area (TPSA) is 148 Å². The Balaban J connectivity index is 0.00000320. The van der Waals surface area contributed by atoms with Crippen LogP contribution in [0.2, 0.25) is 5.02 Å². The summed E-state index contributed by atoms with van der Waals surface area (Å²) in [4.78, 5) is 62.0. The third-order valence-corrected chi connectivity index (χ3v) is 7.59. The van der Waals surface area contributed by atoms with Crippen molar-refractivity contribution in [2.24, 2.45) is 0 Å². The molecule has 0 saturated carbocycles. The van der Waals surface area contributed by atoms with Crippen LogP contribution >= 0.6 is 35.3 Å². The number of benzene rings is 1. The van der Waals surface area contributed by atoms with Crippen molar-refractivity contribution in [2.45, 2.75) is 25.0 Å². The molecule has 4 N–H and O–H groups in total. The van der Waals surface area contributed by atoms with Crippen LogP contribution in [0.25, 0.3) is 10.9 Å². The van der Waals surface area contributed by atoms with E-state index in [1.807, 2.05) is 7.05 Å². The Kier molecular flexibility index (Phi) is 7.74. The molecule has 3 aromatic rings. The monoisotopic (exact) mass is 566 g/mol. The average molecular weight is 567 g/mol. The Labute approximate surface area is 226 Å². The predicted octanol–water partition coefficient (Wildman–Crippen LogP) is 1.51. The van der Waals surface area contributed by atoms with Crippen molar-refractivity contribution in [2.75, 3.05) is 26.7 Å². The van der Waals surface area contributed by atoms with Crippen molar-refractivity contribution in [3.63, 3.8) is 0 Å². The molecule has 0 radical (unpaired) electrons. The zero-order valence-electron chi connectivity index (χ0n) is 19.6. The average Bonchev–Trinajstić information content (AvgIpc) is 3.50. The Hall–Kier alpha value is -3.19. The molecule has 2 aliphatic rings. The van der Waals surface area contributed by atoms with E-state index in [0.29, 0.717) is 17.1 Å². The van der Waals surface area contributed by atoms with Crippen molar-refractivity contribution in [3.05, 3.63) is 50.6 Å². The van der Waals surface area contributed by atoms with Gasteiger partial charge in [-0.1, -0.05) is 11.6 Å². The minimum atomic E-state index is -1.19. The van der Waals surface area contributed by atoms with Crippen molar-refractivity contribution in [1.29, 1.82) is 0 Å². The van der Waals surface area contributed by atoms with Crippen LogP contribution in [-0.4, -0.2) is 87.3 Å². The molecule has 0 bridgehead atoms. The van der Waals surface area contributed by atoms with Crippen molar-refractivity contribution in [1.82, 2.24) is 30.4 Å². The number of hydrogen-bond donors (Lipinski definition) is 4. The fourth-order valence-corrected chi connectivity index (χ4v) is 5.77. The van der Waals surface area contributed by atoms with Gasteiger partial charge >= 0.3 is 5.97 Å². The van der Waals surface area contributed by atoms with Gasteiger partial charge in [0.25, 0.3) is 11.8 Å². The van der Waals surface area contributed by atoms with Crippen LogP contribution < -0.4 is 10.6 Å². The smallest absolute Gasteiger partial charge is 0.323 e. The van der Waals surface area contributed by atoms with Gasteiger partial charge in [0.2, 0.25) is 5.91 Å². The number of thiazole rings is 1. The number of fused-ring (bicyclic) bond motifs is 2. The van der Waals surface area contributed by atoms with Gasteiger partial charge in [-0.3, -0.25) is 19.2 Å². The number of halogens is 2. The largest absolute Gasteiger partial charge is 0.480 e. The first kappa shape index (κ1) is 26.9. The highest BCUT2D eigenvalue weighted by Crippen LogP contribution is 2.25. The van der Waals surface area contributed by atoms with E-state index in [2.05, 4.69) is 25.5 Å². The number of carbonyl (C=O) groups is 4. The molecule has 1 fully saturated rings. The molecule has 0 spiro atoms. The third kappa shape index (κ3) is 5.57. The van der Waals surface area contributed by atoms with Gasteiger partial charge in [0, 0.05) is 46.9 Å². The van der Waals surface area contributed by atoms with Crippen LogP contribution in [0.5, 0.6) is 0 Å². The zero-order valence-corrected chi connectivity index (χ0v) is 22.0. The highest BCUT2D eigenvalue weighted by molar-refractivity contribution is 7.13. The minimum absolute atomic E-state index is 0. The number of carbonyl (C=O) groups excluding carboxylic acids is 3. The van der Waals surface area contributed by atoms with E-state index < -0.39 is 42.3 Å². The first-order valence-electron chi connectivity index (χ1n) is 11.3. The maximum absolute atomic E-state index is 13.0. The summed E-state index contributed by atoms with van der Waals surface area (Å²) in [5.74, 6) is -2.81. The number of aromatic nitrogens is 2. The maximum Gasteiger partial charge on any atom is 0.323 e. The van der Waals surface area contributed by atoms with Crippen molar-refractivity contribution < 1.29 is 24.3 Å². The lowest BCUT2D eigenvalue weighted by Gasteiger charge is -2.20. The van der Waals surface area contributed by atoms with E-state index in [9.17, 15) is 24.3 Å². The summed E-state index contributed by atoms with van der Waals surface area (Å²) < 4.78 is 0. The SMILES string of the molecule is CN1CCc2nc(C(=O)N[C@@H]3CN(CC(=O)O)C(=O)[C@H]3NC(=O)c3cc4cc(Cl)ccc4[nH]3)sc2C1.Cl. The number of nitrogens with zero attached hydrogens (tertiary/aromatic N) is 3. The molecule has 1 aromatic carbocycles. The molecular formula is C23H24Cl2N6O5S. The molecular weight excluding hydrogens is 543 g/mol. The normalized spacial score (nSPS) is 19.4. The fourth-order valence-electron chi connectivity index (χ4n) is 4.49. The molecule has 3 amide bonds. The summed E-state index contributed by atoms with van der Waals surface area (Å²) in [5.41, 5.74) is 1.79. The van der Waals surface area contributed by atoms with Gasteiger partial charge in [0.05, 0.1) is 11.7 Å². The molecule has 196 valence electrons. The minimum Gasteiger partial charge on any atom is -0.480 e. The summed E-state index contributed by atoms with van der Waals surface area (Å²) >= 11 is 7.32. The second-order valence-electron chi connectivity index (χ2n) is 8.93. The van der Waals surface area contributed by atoms with Crippen LogP contribution in [-0.2, 0) is 22.6 Å². The van der Waals surface area contributed by atoms with E-state index in [-0.39, 0.29) is 29.7 Å². The second-order valence-corrected chi connectivity index (χ2v) is 10.5. The molecule has 2 atom stereocenters. The summed E-state index contributed by atoms with van der Waals surface area (Å²) in [7, 11) is 2.00. The Bertz CT molecular complexity index is 1390. The molecule has 14 heteroatoms. The first-order valence-corrected chi connectivity index (χ1v) is 12.4. The van der Waals surface area contributed by atoms with Gasteiger partial charge in [-0.15, -0.1) is 23.7 Å². The molecule has 2 aromatic heterocycles. The highest BCUT2D eigenvalue weighted by Gasteiger charge is 2.43. The number of H-pyrrole nitrogens is 1. The van der Waals surface area contributed by atoms with E-state index >= 15 is 0 Å². The van der Waals surface area contributed by atoms with Crippen LogP contribution in [0.3, 0.4) is 0 Å². The highest BCUT2D eigenvalue weighted by atomic mass is 35.5. The first-order chi connectivity index (χ1) is 17.2. The van der Waals surface area contributed by atoms with Crippen LogP contribution in [0.15, 0.2) is 24.3 Å². The Morgan fingerprint density at radius 2 is 2.03 bits per heavy atom. The van der Waals surface area contributed by atoms with Gasteiger partial charge in [0.1, 0.15) is 18.3 Å². The van der Waals surface area contributed by atoms with Gasteiger partial charge in [-0.2, -0.15) is 0 Å². The lowest BCUT2D eigenvalue weighted by atomic mass is 10.1. The molecule has 11 nitrogen and oxygen atoms in total. The molecule has 1 saturated heterocycles. The third-order valence-electron chi connectivity index (χ3n) is 6.27. The standard InChI is InChI=1S/C23H23ClN6O5S.ClH/c1-29-5-4-14-17(9-29)36-22(27-14)21(34)26-16-8-30(10-18(31)32)23(35)19(16)28-20(33)15-7-11-6-12(24)2-3-13(11)25-15;/h2-3,6-7,16,19,25H,4-5,8-10H2,1H3,(H,26,34)(H,28,33)(H,31,32);1H/t16-,19+;/m1./s1. The quantitative estimate of drug-likeness (QED) is 0.353. The van der Waals surface area contributed by atoms with Gasteiger partial charge in [-0.25, -0.2) is 4.98 Å². The van der Waals surface area contributed by atoms with Gasteiger partial charge in [0.15, 0.2) is 5.01 Å². The summed E-state index contributed by atoms with van der Waals surface area (Å²) in [6, 6.07) is 4.75. The number of rotatable bonds is 6. The maximum atomic E-state index is 13.0. The lowest BCUT2D eigenvalue weighted by molar-refractivity contribution is -0.143. The van der Waals surface area contributed by atoms with Crippen molar-refractivity contribution in [3.8, 4) is 0 Å². The molecule has 0 aliphatic carbocycles. The Morgan fingerprint density at radius 1 is 1.24 bits per heavy atom. The number of likely N-dealkylation sites (tertiary alicyclic amines) is 1. The summed E-state index contributed by atoms with van der Waals surface area (Å²) in [6.07, 6.45) is 0.748. The number of carboxylic acids is 1. The molecule has 37 heavy (non-hydrogen) atoms. The van der Waals surface area contributed by atoms with E-state index in [1.165, 1.54) is 11.3 Å².